The lowest BCUT2D eigenvalue weighted by Gasteiger charge is -2.32. The third kappa shape index (κ3) is 3.47. The summed E-state index contributed by atoms with van der Waals surface area (Å²) >= 11 is 0. The zero-order chi connectivity index (χ0) is 17.2. The van der Waals surface area contributed by atoms with E-state index in [1.165, 1.54) is 11.1 Å². The summed E-state index contributed by atoms with van der Waals surface area (Å²) in [6, 6.07) is 8.48. The molecule has 130 valence electrons. The Morgan fingerprint density at radius 2 is 2.04 bits per heavy atom. The second kappa shape index (κ2) is 6.96. The first-order valence-electron chi connectivity index (χ1n) is 9.17. The van der Waals surface area contributed by atoms with E-state index in [1.54, 1.807) is 0 Å². The summed E-state index contributed by atoms with van der Waals surface area (Å²) in [5, 5.41) is 3.18. The zero-order valence-electron chi connectivity index (χ0n) is 14.8. The molecule has 1 aliphatic carbocycles. The number of carbonyl (C=O) groups excluding carboxylic acids is 2. The summed E-state index contributed by atoms with van der Waals surface area (Å²) in [4.78, 5) is 26.3. The van der Waals surface area contributed by atoms with Gasteiger partial charge >= 0.3 is 0 Å². The molecule has 1 aliphatic heterocycles. The number of nitrogens with zero attached hydrogens (tertiary/aromatic N) is 1. The van der Waals surface area contributed by atoms with Gasteiger partial charge in [0, 0.05) is 31.5 Å². The Labute approximate surface area is 144 Å². The van der Waals surface area contributed by atoms with Crippen LogP contribution in [0.25, 0.3) is 0 Å². The highest BCUT2D eigenvalue weighted by Gasteiger charge is 2.45. The number of likely N-dealkylation sites (tertiary alicyclic amines) is 1. The lowest BCUT2D eigenvalue weighted by molar-refractivity contribution is -0.135. The molecule has 2 aliphatic rings. The molecule has 1 saturated carbocycles. The zero-order valence-corrected chi connectivity index (χ0v) is 14.8. The quantitative estimate of drug-likeness (QED) is 0.903. The van der Waals surface area contributed by atoms with E-state index in [4.69, 9.17) is 0 Å². The van der Waals surface area contributed by atoms with Crippen LogP contribution >= 0.6 is 0 Å². The molecular weight excluding hydrogens is 300 g/mol. The Kier molecular flexibility index (Phi) is 4.93. The fourth-order valence-corrected chi connectivity index (χ4v) is 3.90. The maximum absolute atomic E-state index is 12.6. The van der Waals surface area contributed by atoms with Crippen LogP contribution in [0.15, 0.2) is 24.3 Å². The molecule has 2 fully saturated rings. The molecule has 4 heteroatoms. The Balaban J connectivity index is 1.58. The minimum Gasteiger partial charge on any atom is -0.355 e. The van der Waals surface area contributed by atoms with Crippen molar-refractivity contribution in [3.05, 3.63) is 35.4 Å². The van der Waals surface area contributed by atoms with Gasteiger partial charge in [-0.2, -0.15) is 0 Å². The molecule has 1 atom stereocenters. The van der Waals surface area contributed by atoms with Crippen molar-refractivity contribution < 1.29 is 9.59 Å². The molecule has 1 heterocycles. The minimum absolute atomic E-state index is 0.0538. The normalized spacial score (nSPS) is 22.1. The van der Waals surface area contributed by atoms with Gasteiger partial charge in [-0.1, -0.05) is 31.2 Å². The molecule has 3 rings (SSSR count). The number of amides is 2. The second-order valence-electron chi connectivity index (χ2n) is 7.35. The minimum atomic E-state index is -0.0538. The van der Waals surface area contributed by atoms with E-state index in [2.05, 4.69) is 36.5 Å². The van der Waals surface area contributed by atoms with E-state index in [0.717, 1.165) is 38.8 Å². The molecule has 0 radical (unpaired) electrons. The molecular formula is C20H28N2O2. The topological polar surface area (TPSA) is 49.4 Å². The molecule has 0 unspecified atom stereocenters. The van der Waals surface area contributed by atoms with Crippen LogP contribution in [0.3, 0.4) is 0 Å². The first kappa shape index (κ1) is 17.0. The summed E-state index contributed by atoms with van der Waals surface area (Å²) in [7, 11) is 0. The van der Waals surface area contributed by atoms with Crippen molar-refractivity contribution in [2.45, 2.75) is 51.4 Å². The standard InChI is InChI=1S/C20H28N2O2/c1-3-18(23)22-12-6-8-16(13-22)19(24)21-14-20(10-11-20)17-9-5-4-7-15(17)2/h4-5,7,9,16H,3,6,8,10-14H2,1-2H3,(H,21,24)/t16-/m1/s1. The van der Waals surface area contributed by atoms with Gasteiger partial charge < -0.3 is 10.2 Å². The molecule has 4 nitrogen and oxygen atoms in total. The molecule has 0 bridgehead atoms. The van der Waals surface area contributed by atoms with Crippen LogP contribution in [0.4, 0.5) is 0 Å². The number of carbonyl (C=O) groups is 2. The molecule has 0 spiro atoms. The fourth-order valence-electron chi connectivity index (χ4n) is 3.90. The molecule has 1 aromatic carbocycles. The molecule has 1 saturated heterocycles. The molecule has 0 aromatic heterocycles. The van der Waals surface area contributed by atoms with E-state index in [9.17, 15) is 9.59 Å². The van der Waals surface area contributed by atoms with Crippen molar-refractivity contribution in [2.24, 2.45) is 5.92 Å². The number of piperidine rings is 1. The van der Waals surface area contributed by atoms with E-state index in [1.807, 2.05) is 11.8 Å². The summed E-state index contributed by atoms with van der Waals surface area (Å²) < 4.78 is 0. The predicted octanol–water partition coefficient (Wildman–Crippen LogP) is 2.79. The largest absolute Gasteiger partial charge is 0.355 e. The van der Waals surface area contributed by atoms with E-state index >= 15 is 0 Å². The van der Waals surface area contributed by atoms with Gasteiger partial charge in [0.25, 0.3) is 0 Å². The summed E-state index contributed by atoms with van der Waals surface area (Å²) in [6.07, 6.45) is 4.61. The summed E-state index contributed by atoms with van der Waals surface area (Å²) in [5.74, 6) is 0.219. The van der Waals surface area contributed by atoms with Crippen LogP contribution < -0.4 is 5.32 Å². The monoisotopic (exact) mass is 328 g/mol. The van der Waals surface area contributed by atoms with Gasteiger partial charge in [-0.05, 0) is 43.7 Å². The van der Waals surface area contributed by atoms with Crippen LogP contribution in [0.2, 0.25) is 0 Å². The van der Waals surface area contributed by atoms with Crippen LogP contribution in [-0.2, 0) is 15.0 Å². The van der Waals surface area contributed by atoms with Gasteiger partial charge in [0.15, 0.2) is 0 Å². The first-order chi connectivity index (χ1) is 11.6. The highest BCUT2D eigenvalue weighted by Crippen LogP contribution is 2.48. The number of benzene rings is 1. The molecule has 1 N–H and O–H groups in total. The summed E-state index contributed by atoms with van der Waals surface area (Å²) in [5.41, 5.74) is 2.81. The van der Waals surface area contributed by atoms with Gasteiger partial charge in [-0.15, -0.1) is 0 Å². The smallest absolute Gasteiger partial charge is 0.224 e. The fraction of sp³-hybridized carbons (Fsp3) is 0.600. The Bertz CT molecular complexity index is 622. The van der Waals surface area contributed by atoms with Gasteiger partial charge in [-0.25, -0.2) is 0 Å². The number of nitrogens with one attached hydrogen (secondary N) is 1. The summed E-state index contributed by atoms with van der Waals surface area (Å²) in [6.45, 7) is 6.12. The van der Waals surface area contributed by atoms with Crippen molar-refractivity contribution in [1.82, 2.24) is 10.2 Å². The Hall–Kier alpha value is -1.84. The lowest BCUT2D eigenvalue weighted by Crippen LogP contribution is -2.46. The van der Waals surface area contributed by atoms with Crippen molar-refractivity contribution in [1.29, 1.82) is 0 Å². The number of aryl methyl sites for hydroxylation is 1. The Morgan fingerprint density at radius 1 is 1.29 bits per heavy atom. The van der Waals surface area contributed by atoms with Crippen LogP contribution in [-0.4, -0.2) is 36.3 Å². The predicted molar refractivity (Wildman–Crippen MR) is 94.7 cm³/mol. The SMILES string of the molecule is CCC(=O)N1CCC[C@@H](C(=O)NCC2(c3ccccc3C)CC2)C1. The van der Waals surface area contributed by atoms with Gasteiger partial charge in [-0.3, -0.25) is 9.59 Å². The van der Waals surface area contributed by atoms with Crippen LogP contribution in [0.1, 0.15) is 50.2 Å². The molecule has 2 amide bonds. The van der Waals surface area contributed by atoms with E-state index < -0.39 is 0 Å². The van der Waals surface area contributed by atoms with Crippen molar-refractivity contribution in [3.8, 4) is 0 Å². The second-order valence-corrected chi connectivity index (χ2v) is 7.35. The average molecular weight is 328 g/mol. The van der Waals surface area contributed by atoms with Crippen molar-refractivity contribution >= 4 is 11.8 Å². The van der Waals surface area contributed by atoms with Gasteiger partial charge in [0.05, 0.1) is 5.92 Å². The number of rotatable bonds is 5. The molecule has 1 aromatic rings. The average Bonchev–Trinajstić information content (AvgIpc) is 3.40. The van der Waals surface area contributed by atoms with Crippen molar-refractivity contribution in [3.63, 3.8) is 0 Å². The van der Waals surface area contributed by atoms with E-state index in [0.29, 0.717) is 13.0 Å². The maximum atomic E-state index is 12.6. The number of hydrogen-bond donors (Lipinski definition) is 1. The lowest BCUT2D eigenvalue weighted by atomic mass is 9.91. The maximum Gasteiger partial charge on any atom is 0.224 e. The van der Waals surface area contributed by atoms with Crippen LogP contribution in [0.5, 0.6) is 0 Å². The Morgan fingerprint density at radius 3 is 2.71 bits per heavy atom. The van der Waals surface area contributed by atoms with Gasteiger partial charge in [0.2, 0.25) is 11.8 Å². The highest BCUT2D eigenvalue weighted by molar-refractivity contribution is 5.81. The van der Waals surface area contributed by atoms with E-state index in [-0.39, 0.29) is 23.1 Å². The van der Waals surface area contributed by atoms with Crippen LogP contribution in [0, 0.1) is 12.8 Å². The third-order valence-electron chi connectivity index (χ3n) is 5.62. The van der Waals surface area contributed by atoms with Crippen molar-refractivity contribution in [2.75, 3.05) is 19.6 Å². The first-order valence-corrected chi connectivity index (χ1v) is 9.17. The highest BCUT2D eigenvalue weighted by atomic mass is 16.2. The molecule has 24 heavy (non-hydrogen) atoms. The number of hydrogen-bond acceptors (Lipinski definition) is 2. The third-order valence-corrected chi connectivity index (χ3v) is 5.62. The van der Waals surface area contributed by atoms with Gasteiger partial charge in [0.1, 0.15) is 0 Å².